The molecule has 2 rings (SSSR count). The number of carbonyl (C=O) groups excluding carboxylic acids is 2. The lowest BCUT2D eigenvalue weighted by molar-refractivity contribution is -0.137. The van der Waals surface area contributed by atoms with Gasteiger partial charge in [0, 0.05) is 18.7 Å². The molecule has 0 aromatic heterocycles. The minimum Gasteiger partial charge on any atom is -0.324 e. The molecule has 1 aromatic carbocycles. The number of rotatable bonds is 1. The second kappa shape index (κ2) is 6.15. The summed E-state index contributed by atoms with van der Waals surface area (Å²) in [4.78, 5) is 25.2. The molecule has 1 heterocycles. The first-order valence-electron chi connectivity index (χ1n) is 6.65. The van der Waals surface area contributed by atoms with Gasteiger partial charge in [-0.05, 0) is 37.5 Å². The Morgan fingerprint density at radius 2 is 1.76 bits per heavy atom. The van der Waals surface area contributed by atoms with Gasteiger partial charge in [0.1, 0.15) is 0 Å². The van der Waals surface area contributed by atoms with E-state index in [-0.39, 0.29) is 5.56 Å². The molecule has 0 saturated carbocycles. The van der Waals surface area contributed by atoms with Crippen LogP contribution >= 0.6 is 0 Å². The minimum absolute atomic E-state index is 0.185. The number of benzene rings is 1. The highest BCUT2D eigenvalue weighted by molar-refractivity contribution is 6.04. The lowest BCUT2D eigenvalue weighted by Crippen LogP contribution is -2.45. The molecule has 1 aromatic rings. The second-order valence-corrected chi connectivity index (χ2v) is 4.89. The molecule has 1 fully saturated rings. The normalized spacial score (nSPS) is 15.7. The van der Waals surface area contributed by atoms with Crippen molar-refractivity contribution in [1.82, 2.24) is 10.2 Å². The molecule has 1 aliphatic heterocycles. The Morgan fingerprint density at radius 1 is 1.10 bits per heavy atom. The predicted molar refractivity (Wildman–Crippen MR) is 69.7 cm³/mol. The molecular formula is C14H15F3N2O2. The molecule has 0 spiro atoms. The first kappa shape index (κ1) is 15.3. The summed E-state index contributed by atoms with van der Waals surface area (Å²) >= 11 is 0. The molecule has 1 N–H and O–H groups in total. The third-order valence-electron chi connectivity index (χ3n) is 3.32. The number of nitrogens with one attached hydrogen (secondary N) is 1. The Bertz CT molecular complexity index is 537. The molecule has 3 amide bonds. The van der Waals surface area contributed by atoms with Gasteiger partial charge in [-0.2, -0.15) is 13.2 Å². The number of hydrogen-bond acceptors (Lipinski definition) is 2. The van der Waals surface area contributed by atoms with E-state index in [1.165, 1.54) is 11.0 Å². The van der Waals surface area contributed by atoms with E-state index in [0.29, 0.717) is 13.1 Å². The Labute approximate surface area is 119 Å². The van der Waals surface area contributed by atoms with Crippen molar-refractivity contribution in [2.75, 3.05) is 13.1 Å². The summed E-state index contributed by atoms with van der Waals surface area (Å²) in [6.45, 7) is 1.11. The quantitative estimate of drug-likeness (QED) is 0.866. The molecule has 1 aliphatic rings. The summed E-state index contributed by atoms with van der Waals surface area (Å²) in [6, 6.07) is 3.44. The topological polar surface area (TPSA) is 49.4 Å². The zero-order valence-electron chi connectivity index (χ0n) is 11.2. The van der Waals surface area contributed by atoms with E-state index in [9.17, 15) is 22.8 Å². The lowest BCUT2D eigenvalue weighted by Gasteiger charge is -2.26. The maximum absolute atomic E-state index is 12.6. The van der Waals surface area contributed by atoms with Crippen LogP contribution in [0.1, 0.15) is 35.2 Å². The van der Waals surface area contributed by atoms with Crippen LogP contribution in [0, 0.1) is 0 Å². The van der Waals surface area contributed by atoms with E-state index in [0.717, 1.165) is 37.5 Å². The molecule has 1 saturated heterocycles. The number of piperidine rings is 1. The van der Waals surface area contributed by atoms with Crippen molar-refractivity contribution >= 4 is 11.9 Å². The van der Waals surface area contributed by atoms with Crippen molar-refractivity contribution in [2.24, 2.45) is 0 Å². The van der Waals surface area contributed by atoms with Gasteiger partial charge in [0.2, 0.25) is 0 Å². The van der Waals surface area contributed by atoms with Gasteiger partial charge < -0.3 is 4.90 Å². The summed E-state index contributed by atoms with van der Waals surface area (Å²) in [7, 11) is 0. The third-order valence-corrected chi connectivity index (χ3v) is 3.32. The number of alkyl halides is 3. The van der Waals surface area contributed by atoms with Crippen LogP contribution in [0.3, 0.4) is 0 Å². The van der Waals surface area contributed by atoms with Gasteiger partial charge in [-0.25, -0.2) is 4.79 Å². The second-order valence-electron chi connectivity index (χ2n) is 4.89. The molecule has 0 radical (unpaired) electrons. The van der Waals surface area contributed by atoms with Gasteiger partial charge in [-0.3, -0.25) is 10.1 Å². The highest BCUT2D eigenvalue weighted by Crippen LogP contribution is 2.29. The number of amides is 3. The summed E-state index contributed by atoms with van der Waals surface area (Å²) in [5.41, 5.74) is -1.10. The van der Waals surface area contributed by atoms with Crippen LogP contribution in [0.4, 0.5) is 18.0 Å². The molecular weight excluding hydrogens is 285 g/mol. The first-order chi connectivity index (χ1) is 9.88. The van der Waals surface area contributed by atoms with Gasteiger partial charge in [0.05, 0.1) is 5.56 Å². The number of hydrogen-bond donors (Lipinski definition) is 1. The number of nitrogens with zero attached hydrogens (tertiary/aromatic N) is 1. The van der Waals surface area contributed by atoms with E-state index in [1.54, 1.807) is 0 Å². The highest BCUT2D eigenvalue weighted by atomic mass is 19.4. The molecule has 0 aliphatic carbocycles. The van der Waals surface area contributed by atoms with E-state index in [4.69, 9.17) is 0 Å². The highest BCUT2D eigenvalue weighted by Gasteiger charge is 2.31. The van der Waals surface area contributed by atoms with Gasteiger partial charge in [-0.15, -0.1) is 0 Å². The van der Waals surface area contributed by atoms with E-state index >= 15 is 0 Å². The largest absolute Gasteiger partial charge is 0.416 e. The molecule has 0 atom stereocenters. The summed E-state index contributed by atoms with van der Waals surface area (Å²) in [6.07, 6.45) is -1.76. The van der Waals surface area contributed by atoms with Gasteiger partial charge >= 0.3 is 12.2 Å². The van der Waals surface area contributed by atoms with Crippen LogP contribution in [-0.4, -0.2) is 29.9 Å². The van der Waals surface area contributed by atoms with Crippen molar-refractivity contribution in [3.05, 3.63) is 35.4 Å². The fourth-order valence-electron chi connectivity index (χ4n) is 2.18. The Hall–Kier alpha value is -2.05. The van der Waals surface area contributed by atoms with Crippen LogP contribution in [0.15, 0.2) is 24.3 Å². The molecule has 21 heavy (non-hydrogen) atoms. The smallest absolute Gasteiger partial charge is 0.324 e. The number of urea groups is 1. The monoisotopic (exact) mass is 300 g/mol. The molecule has 0 unspecified atom stereocenters. The number of carbonyl (C=O) groups is 2. The predicted octanol–water partition coefficient (Wildman–Crippen LogP) is 3.04. The number of likely N-dealkylation sites (tertiary alicyclic amines) is 1. The van der Waals surface area contributed by atoms with Gasteiger partial charge in [-0.1, -0.05) is 6.07 Å². The lowest BCUT2D eigenvalue weighted by atomic mass is 10.1. The molecule has 0 bridgehead atoms. The zero-order valence-corrected chi connectivity index (χ0v) is 11.2. The molecule has 4 nitrogen and oxygen atoms in total. The fraction of sp³-hybridized carbons (Fsp3) is 0.429. The third kappa shape index (κ3) is 3.96. The van der Waals surface area contributed by atoms with Crippen LogP contribution in [0.5, 0.6) is 0 Å². The van der Waals surface area contributed by atoms with E-state index in [2.05, 4.69) is 5.32 Å². The SMILES string of the molecule is O=C(NC(=O)N1CCCCC1)c1cccc(C(F)(F)F)c1. The van der Waals surface area contributed by atoms with E-state index in [1.807, 2.05) is 0 Å². The van der Waals surface area contributed by atoms with Crippen molar-refractivity contribution in [3.8, 4) is 0 Å². The standard InChI is InChI=1S/C14H15F3N2O2/c15-14(16,17)11-6-4-5-10(9-11)12(20)18-13(21)19-7-2-1-3-8-19/h4-6,9H,1-3,7-8H2,(H,18,20,21). The van der Waals surface area contributed by atoms with Crippen LogP contribution < -0.4 is 5.32 Å². The van der Waals surface area contributed by atoms with Crippen LogP contribution in [-0.2, 0) is 6.18 Å². The average Bonchev–Trinajstić information content (AvgIpc) is 2.47. The number of halogens is 3. The Kier molecular flexibility index (Phi) is 4.50. The summed E-state index contributed by atoms with van der Waals surface area (Å²) < 4.78 is 37.7. The number of imide groups is 1. The average molecular weight is 300 g/mol. The maximum Gasteiger partial charge on any atom is 0.416 e. The van der Waals surface area contributed by atoms with Crippen molar-refractivity contribution in [1.29, 1.82) is 0 Å². The molecule has 7 heteroatoms. The zero-order chi connectivity index (χ0) is 15.5. The summed E-state index contributed by atoms with van der Waals surface area (Å²) in [5, 5.41) is 2.13. The van der Waals surface area contributed by atoms with Crippen molar-refractivity contribution in [3.63, 3.8) is 0 Å². The maximum atomic E-state index is 12.6. The minimum atomic E-state index is -4.52. The van der Waals surface area contributed by atoms with Crippen LogP contribution in [0.2, 0.25) is 0 Å². The van der Waals surface area contributed by atoms with Crippen molar-refractivity contribution < 1.29 is 22.8 Å². The Morgan fingerprint density at radius 3 is 2.38 bits per heavy atom. The Balaban J connectivity index is 2.04. The first-order valence-corrected chi connectivity index (χ1v) is 6.65. The van der Waals surface area contributed by atoms with Gasteiger partial charge in [0.15, 0.2) is 0 Å². The molecule has 114 valence electrons. The van der Waals surface area contributed by atoms with E-state index < -0.39 is 23.7 Å². The fourth-order valence-corrected chi connectivity index (χ4v) is 2.18. The summed E-state index contributed by atoms with van der Waals surface area (Å²) in [5.74, 6) is -0.823. The van der Waals surface area contributed by atoms with Gasteiger partial charge in [0.25, 0.3) is 5.91 Å². The van der Waals surface area contributed by atoms with Crippen LogP contribution in [0.25, 0.3) is 0 Å². The van der Waals surface area contributed by atoms with Crippen molar-refractivity contribution in [2.45, 2.75) is 25.4 Å².